The van der Waals surface area contributed by atoms with Gasteiger partial charge in [0.05, 0.1) is 16.9 Å². The molecule has 1 aliphatic carbocycles. The van der Waals surface area contributed by atoms with Gasteiger partial charge in [0, 0.05) is 29.6 Å². The number of nitrogens with one attached hydrogen (secondary N) is 4. The summed E-state index contributed by atoms with van der Waals surface area (Å²) in [7, 11) is 0. The van der Waals surface area contributed by atoms with Crippen LogP contribution in [0, 0.1) is 17.6 Å². The molecule has 1 aromatic carbocycles. The molecule has 8 nitrogen and oxygen atoms in total. The number of H-pyrrole nitrogens is 2. The number of carbonyl (C=O) groups is 2. The second kappa shape index (κ2) is 9.98. The zero-order valence-corrected chi connectivity index (χ0v) is 19.0. The third kappa shape index (κ3) is 5.65. The normalized spacial score (nSPS) is 16.1. The average Bonchev–Trinajstić information content (AvgIpc) is 3.49. The lowest BCUT2D eigenvalue weighted by atomic mass is 10.0. The molecule has 0 aliphatic heterocycles. The van der Waals surface area contributed by atoms with Crippen molar-refractivity contribution < 1.29 is 18.4 Å². The van der Waals surface area contributed by atoms with Crippen molar-refractivity contribution in [1.82, 2.24) is 20.6 Å². The smallest absolute Gasteiger partial charge is 0.268 e. The first kappa shape index (κ1) is 24.0. The molecule has 180 valence electrons. The van der Waals surface area contributed by atoms with Crippen LogP contribution in [0.4, 0.5) is 8.78 Å². The highest BCUT2D eigenvalue weighted by molar-refractivity contribution is 7.80. The molecule has 6 N–H and O–H groups in total. The van der Waals surface area contributed by atoms with Crippen molar-refractivity contribution in [1.29, 1.82) is 0 Å². The number of amides is 2. The number of hydrogen-bond donors (Lipinski definition) is 6. The number of fused-ring (bicyclic) bond motifs is 1. The maximum absolute atomic E-state index is 14.0. The van der Waals surface area contributed by atoms with Crippen molar-refractivity contribution in [2.75, 3.05) is 0 Å². The summed E-state index contributed by atoms with van der Waals surface area (Å²) < 4.78 is 27.5. The van der Waals surface area contributed by atoms with Gasteiger partial charge < -0.3 is 26.3 Å². The average molecular weight is 490 g/mol. The molecule has 11 heteroatoms. The number of aromatic nitrogens is 2. The summed E-state index contributed by atoms with van der Waals surface area (Å²) in [5, 5.41) is 4.94. The first-order valence-electron chi connectivity index (χ1n) is 10.9. The SMILES string of the molecule is N[C@@H](S)[C@@H](Cc1ccc[nH]c1=O)NC(=O)[C@H](CC1CC1)NC(=O)c1cc2cc(F)cc(F)c2[nH]1. The fourth-order valence-electron chi connectivity index (χ4n) is 3.84. The fraction of sp³-hybridized carbons (Fsp3) is 0.348. The molecular formula is C23H25F2N5O3S. The molecule has 0 unspecified atom stereocenters. The maximum atomic E-state index is 14.0. The van der Waals surface area contributed by atoms with Crippen LogP contribution in [-0.2, 0) is 11.2 Å². The van der Waals surface area contributed by atoms with Crippen LogP contribution >= 0.6 is 12.6 Å². The first-order valence-corrected chi connectivity index (χ1v) is 11.4. The Morgan fingerprint density at radius 2 is 1.97 bits per heavy atom. The Bertz CT molecular complexity index is 1270. The summed E-state index contributed by atoms with van der Waals surface area (Å²) in [5.74, 6) is -2.36. The quantitative estimate of drug-likeness (QED) is 0.203. The van der Waals surface area contributed by atoms with Gasteiger partial charge in [0.1, 0.15) is 23.4 Å². The highest BCUT2D eigenvalue weighted by Gasteiger charge is 2.32. The molecule has 2 heterocycles. The summed E-state index contributed by atoms with van der Waals surface area (Å²) in [4.78, 5) is 43.2. The number of carbonyl (C=O) groups excluding carboxylic acids is 2. The van der Waals surface area contributed by atoms with Gasteiger partial charge in [0.2, 0.25) is 5.91 Å². The molecule has 1 fully saturated rings. The van der Waals surface area contributed by atoms with Crippen LogP contribution in [0.3, 0.4) is 0 Å². The molecule has 0 radical (unpaired) electrons. The minimum absolute atomic E-state index is 0.00365. The van der Waals surface area contributed by atoms with Crippen LogP contribution in [0.2, 0.25) is 0 Å². The van der Waals surface area contributed by atoms with Crippen LogP contribution in [0.25, 0.3) is 10.9 Å². The summed E-state index contributed by atoms with van der Waals surface area (Å²) in [5.41, 5.74) is 6.09. The number of halogens is 2. The van der Waals surface area contributed by atoms with E-state index in [9.17, 15) is 23.2 Å². The van der Waals surface area contributed by atoms with Crippen molar-refractivity contribution in [2.45, 2.75) is 43.1 Å². The van der Waals surface area contributed by atoms with E-state index in [1.807, 2.05) is 0 Å². The van der Waals surface area contributed by atoms with E-state index in [-0.39, 0.29) is 28.6 Å². The molecule has 4 rings (SSSR count). The zero-order valence-electron chi connectivity index (χ0n) is 18.1. The summed E-state index contributed by atoms with van der Waals surface area (Å²) >= 11 is 4.25. The predicted molar refractivity (Wildman–Crippen MR) is 126 cm³/mol. The highest BCUT2D eigenvalue weighted by Crippen LogP contribution is 2.33. The molecule has 3 aromatic rings. The number of nitrogens with two attached hydrogens (primary N) is 1. The number of pyridine rings is 1. The number of aromatic amines is 2. The minimum atomic E-state index is -0.878. The first-order chi connectivity index (χ1) is 16.2. The van der Waals surface area contributed by atoms with Gasteiger partial charge in [-0.2, -0.15) is 12.6 Å². The van der Waals surface area contributed by atoms with Crippen LogP contribution in [0.15, 0.2) is 41.3 Å². The lowest BCUT2D eigenvalue weighted by Gasteiger charge is -2.25. The summed E-state index contributed by atoms with van der Waals surface area (Å²) in [6.07, 6.45) is 3.98. The largest absolute Gasteiger partial charge is 0.349 e. The Kier molecular flexibility index (Phi) is 7.03. The third-order valence-corrected chi connectivity index (χ3v) is 6.22. The van der Waals surface area contributed by atoms with Gasteiger partial charge >= 0.3 is 0 Å². The van der Waals surface area contributed by atoms with E-state index in [0.717, 1.165) is 25.0 Å². The van der Waals surface area contributed by atoms with E-state index in [2.05, 4.69) is 33.2 Å². The molecule has 0 saturated heterocycles. The van der Waals surface area contributed by atoms with Gasteiger partial charge in [-0.25, -0.2) is 8.78 Å². The second-order valence-corrected chi connectivity index (χ2v) is 9.17. The number of hydrogen-bond acceptors (Lipinski definition) is 5. The topological polar surface area (TPSA) is 133 Å². The van der Waals surface area contributed by atoms with E-state index in [4.69, 9.17) is 5.73 Å². The van der Waals surface area contributed by atoms with Gasteiger partial charge in [0.25, 0.3) is 11.5 Å². The Morgan fingerprint density at radius 3 is 2.65 bits per heavy atom. The van der Waals surface area contributed by atoms with Gasteiger partial charge in [-0.05, 0) is 30.5 Å². The monoisotopic (exact) mass is 489 g/mol. The minimum Gasteiger partial charge on any atom is -0.349 e. The van der Waals surface area contributed by atoms with Crippen molar-refractivity contribution in [3.63, 3.8) is 0 Å². The second-order valence-electron chi connectivity index (χ2n) is 8.57. The van der Waals surface area contributed by atoms with E-state index in [0.29, 0.717) is 17.9 Å². The molecule has 3 atom stereocenters. The van der Waals surface area contributed by atoms with E-state index < -0.39 is 40.9 Å². The zero-order chi connectivity index (χ0) is 24.4. The lowest BCUT2D eigenvalue weighted by molar-refractivity contribution is -0.124. The van der Waals surface area contributed by atoms with Gasteiger partial charge in [0.15, 0.2) is 0 Å². The lowest BCUT2D eigenvalue weighted by Crippen LogP contribution is -2.54. The third-order valence-electron chi connectivity index (χ3n) is 5.86. The standard InChI is InChI=1S/C23H25F2N5O3S/c24-14-7-13-9-18(28-19(13)15(25)10-14)23(33)30-17(6-11-3-4-11)22(32)29-16(20(26)34)8-12-2-1-5-27-21(12)31/h1-2,5,7,9-11,16-17,20,28,34H,3-4,6,8,26H2,(H,27,31)(H,29,32)(H,30,33)/t16-,17+,20+/m1/s1. The Hall–Kier alpha value is -3.18. The molecule has 1 aliphatic rings. The molecule has 0 spiro atoms. The molecule has 2 amide bonds. The van der Waals surface area contributed by atoms with Crippen molar-refractivity contribution >= 4 is 35.3 Å². The maximum Gasteiger partial charge on any atom is 0.268 e. The van der Waals surface area contributed by atoms with E-state index in [1.165, 1.54) is 12.3 Å². The van der Waals surface area contributed by atoms with Crippen LogP contribution in [-0.4, -0.2) is 39.2 Å². The van der Waals surface area contributed by atoms with Crippen LogP contribution in [0.5, 0.6) is 0 Å². The van der Waals surface area contributed by atoms with Crippen molar-refractivity contribution in [3.05, 3.63) is 69.8 Å². The van der Waals surface area contributed by atoms with E-state index >= 15 is 0 Å². The molecule has 34 heavy (non-hydrogen) atoms. The fourth-order valence-corrected chi connectivity index (χ4v) is 4.02. The number of thiol groups is 1. The predicted octanol–water partition coefficient (Wildman–Crippen LogP) is 1.97. The Labute approximate surface area is 199 Å². The van der Waals surface area contributed by atoms with Crippen molar-refractivity contribution in [3.8, 4) is 0 Å². The van der Waals surface area contributed by atoms with Crippen LogP contribution < -0.4 is 21.9 Å². The van der Waals surface area contributed by atoms with Gasteiger partial charge in [-0.3, -0.25) is 14.4 Å². The Morgan fingerprint density at radius 1 is 1.21 bits per heavy atom. The highest BCUT2D eigenvalue weighted by atomic mass is 32.1. The number of rotatable bonds is 9. The number of benzene rings is 1. The summed E-state index contributed by atoms with van der Waals surface area (Å²) in [6, 6.07) is 4.93. The van der Waals surface area contributed by atoms with E-state index in [1.54, 1.807) is 12.1 Å². The molecular weight excluding hydrogens is 464 g/mol. The molecule has 0 bridgehead atoms. The molecule has 2 aromatic heterocycles. The van der Waals surface area contributed by atoms with Gasteiger partial charge in [-0.1, -0.05) is 18.9 Å². The summed E-state index contributed by atoms with van der Waals surface area (Å²) in [6.45, 7) is 0. The van der Waals surface area contributed by atoms with Gasteiger partial charge in [-0.15, -0.1) is 0 Å². The van der Waals surface area contributed by atoms with Crippen LogP contribution in [0.1, 0.15) is 35.3 Å². The Balaban J connectivity index is 1.49. The molecule has 1 saturated carbocycles. The van der Waals surface area contributed by atoms with Crippen molar-refractivity contribution in [2.24, 2.45) is 11.7 Å².